The lowest BCUT2D eigenvalue weighted by atomic mass is 10.0. The smallest absolute Gasteiger partial charge is 0.336 e. The van der Waals surface area contributed by atoms with E-state index in [2.05, 4.69) is 4.98 Å². The van der Waals surface area contributed by atoms with E-state index in [-0.39, 0.29) is 20.6 Å². The molecule has 0 saturated heterocycles. The zero-order chi connectivity index (χ0) is 51.4. The fraction of sp³-hybridized carbons (Fsp3) is 0.378. The summed E-state index contributed by atoms with van der Waals surface area (Å²) in [6.45, 7) is -11.9. The minimum absolute atomic E-state index is 0.0983. The van der Waals surface area contributed by atoms with Gasteiger partial charge in [-0.15, -0.1) is 0 Å². The van der Waals surface area contributed by atoms with E-state index in [4.69, 9.17) is 20.6 Å². The third-order valence-corrected chi connectivity index (χ3v) is 7.52. The highest BCUT2D eigenvalue weighted by Crippen LogP contribution is 2.32. The molecule has 1 aromatic heterocycles. The molecule has 6 nitrogen and oxygen atoms in total. The standard InChI is InChI=1S/C37H40F4N4O2S/c1-4-43(5-2)18-19-44(22-26-6-10-28(11-7-26)29-12-14-30(15-13-29)37(39,40)41)34(46)23-45-33-21-25(3)20-32(33)35(47)42-36(45)48-24-27-8-16-31(38)17-9-27/h6-17,25H,4-5,18-24H2,1-3H3/i4D2,5D2,8D,9D,16D,17D,20D2,21D2,22D2,23D2,24D2,25D. The number of likely N-dealkylation sites (N-methyl/N-ethyl adjacent to an activating group) is 1. The van der Waals surface area contributed by atoms with Crippen molar-refractivity contribution in [3.8, 4) is 11.1 Å². The molecule has 0 N–H and O–H groups in total. The lowest BCUT2D eigenvalue weighted by Crippen LogP contribution is -2.40. The van der Waals surface area contributed by atoms with Crippen LogP contribution in [-0.2, 0) is 42.4 Å². The lowest BCUT2D eigenvalue weighted by Gasteiger charge is -2.28. The van der Waals surface area contributed by atoms with Crippen molar-refractivity contribution in [2.24, 2.45) is 5.89 Å². The van der Waals surface area contributed by atoms with E-state index >= 15 is 4.79 Å². The predicted octanol–water partition coefficient (Wildman–Crippen LogP) is 7.47. The Bertz CT molecular complexity index is 2610. The van der Waals surface area contributed by atoms with Gasteiger partial charge in [0.15, 0.2) is 5.16 Å². The first-order valence-electron chi connectivity index (χ1n) is 23.6. The summed E-state index contributed by atoms with van der Waals surface area (Å²) in [5.41, 5.74) is -10.0. The summed E-state index contributed by atoms with van der Waals surface area (Å²) >= 11 is -0.424. The van der Waals surface area contributed by atoms with Crippen molar-refractivity contribution in [1.29, 1.82) is 0 Å². The molecule has 0 radical (unpaired) electrons. The molecule has 11 heteroatoms. The molecule has 1 aliphatic carbocycles. The highest BCUT2D eigenvalue weighted by atomic mass is 32.2. The van der Waals surface area contributed by atoms with Gasteiger partial charge in [-0.05, 0) is 78.1 Å². The number of benzene rings is 3. The number of aromatic nitrogens is 2. The molecule has 1 unspecified atom stereocenters. The van der Waals surface area contributed by atoms with Crippen molar-refractivity contribution in [3.05, 3.63) is 117 Å². The molecular formula is C37H40F4N4O2S. The van der Waals surface area contributed by atoms with Crippen LogP contribution in [0.15, 0.2) is 82.7 Å². The molecule has 0 aliphatic heterocycles. The number of amides is 1. The Morgan fingerprint density at radius 2 is 1.65 bits per heavy atom. The second kappa shape index (κ2) is 15.5. The van der Waals surface area contributed by atoms with Crippen molar-refractivity contribution in [2.45, 2.75) is 63.5 Å². The Labute approximate surface area is 309 Å². The van der Waals surface area contributed by atoms with Crippen molar-refractivity contribution in [1.82, 2.24) is 19.4 Å². The van der Waals surface area contributed by atoms with Gasteiger partial charge in [-0.3, -0.25) is 9.59 Å². The first kappa shape index (κ1) is 18.2. The summed E-state index contributed by atoms with van der Waals surface area (Å²) in [6.07, 6.45) is -11.5. The van der Waals surface area contributed by atoms with Gasteiger partial charge in [0.25, 0.3) is 5.56 Å². The van der Waals surface area contributed by atoms with Gasteiger partial charge < -0.3 is 14.4 Å². The average molecular weight is 700 g/mol. The molecule has 0 fully saturated rings. The van der Waals surface area contributed by atoms with Crippen LogP contribution in [0, 0.1) is 11.7 Å². The molecule has 254 valence electrons. The summed E-state index contributed by atoms with van der Waals surface area (Å²) in [5.74, 6) is -6.81. The van der Waals surface area contributed by atoms with E-state index in [0.717, 1.165) is 50.2 Å². The second-order valence-electron chi connectivity index (χ2n) is 9.96. The number of carbonyl (C=O) groups excluding carboxylic acids is 1. The maximum Gasteiger partial charge on any atom is 0.416 e. The number of carbonyl (C=O) groups is 1. The molecule has 4 aromatic rings. The molecule has 1 amide bonds. The molecular weight excluding hydrogens is 640 g/mol. The summed E-state index contributed by atoms with van der Waals surface area (Å²) < 4.78 is 219. The van der Waals surface area contributed by atoms with E-state index in [1.807, 2.05) is 0 Å². The predicted molar refractivity (Wildman–Crippen MR) is 181 cm³/mol. The maximum atomic E-state index is 15.1. The van der Waals surface area contributed by atoms with Crippen LogP contribution in [0.1, 0.15) is 74.8 Å². The number of hydrogen-bond acceptors (Lipinski definition) is 5. The van der Waals surface area contributed by atoms with E-state index in [0.29, 0.717) is 11.8 Å². The minimum atomic E-state index is -4.66. The Morgan fingerprint density at radius 3 is 2.25 bits per heavy atom. The van der Waals surface area contributed by atoms with Crippen LogP contribution in [0.4, 0.5) is 17.6 Å². The zero-order valence-corrected chi connectivity index (χ0v) is 26.4. The normalized spacial score (nSPS) is 25.3. The number of hydrogen-bond donors (Lipinski definition) is 0. The van der Waals surface area contributed by atoms with Crippen LogP contribution in [-0.4, -0.2) is 51.3 Å². The third-order valence-electron chi connectivity index (χ3n) is 6.75. The number of nitrogens with zero attached hydrogens (tertiary/aromatic N) is 4. The summed E-state index contributed by atoms with van der Waals surface area (Å²) in [7, 11) is 0. The number of thioether (sulfide) groups is 1. The molecule has 1 atom stereocenters. The molecule has 48 heavy (non-hydrogen) atoms. The summed E-state index contributed by atoms with van der Waals surface area (Å²) in [4.78, 5) is 33.2. The van der Waals surface area contributed by atoms with Crippen LogP contribution < -0.4 is 5.56 Å². The lowest BCUT2D eigenvalue weighted by molar-refractivity contribution is -0.137. The van der Waals surface area contributed by atoms with Gasteiger partial charge in [-0.1, -0.05) is 81.0 Å². The number of halogens is 4. The maximum absolute atomic E-state index is 15.1. The first-order chi connectivity index (χ1) is 30.1. The van der Waals surface area contributed by atoms with E-state index in [1.165, 1.54) is 12.1 Å². The molecule has 5 rings (SSSR count). The van der Waals surface area contributed by atoms with E-state index < -0.39 is 156 Å². The SMILES string of the molecule is [2H]c1c([2H])c(C([2H])([2H])Sc2nc(=O)c3c(n2C([2H])([2H])C(=O)N(CCN(C([2H])([2H])C)C([2H])([2H])C)C([2H])([2H])c2ccc(-c4ccc(C(F)(F)F)cc4)cc2)C([2H])([2H])C([2H])(C)C3([2H])[2H])c([2H])c([2H])c1F. The largest absolute Gasteiger partial charge is 0.416 e. The van der Waals surface area contributed by atoms with Crippen molar-refractivity contribution < 1.29 is 48.4 Å². The summed E-state index contributed by atoms with van der Waals surface area (Å²) in [5, 5.41) is -1.36. The van der Waals surface area contributed by atoms with Gasteiger partial charge in [0.2, 0.25) is 5.91 Å². The molecule has 0 spiro atoms. The Morgan fingerprint density at radius 1 is 1.02 bits per heavy atom. The molecule has 0 bridgehead atoms. The van der Waals surface area contributed by atoms with Crippen LogP contribution in [0.3, 0.4) is 0 Å². The monoisotopic (exact) mass is 699 g/mol. The van der Waals surface area contributed by atoms with Crippen molar-refractivity contribution in [2.75, 3.05) is 26.1 Å². The topological polar surface area (TPSA) is 58.4 Å². The third kappa shape index (κ3) is 8.73. The van der Waals surface area contributed by atoms with E-state index in [1.54, 1.807) is 0 Å². The van der Waals surface area contributed by atoms with Crippen molar-refractivity contribution in [3.63, 3.8) is 0 Å². The quantitative estimate of drug-likeness (QED) is 0.0824. The van der Waals surface area contributed by atoms with Gasteiger partial charge in [0.1, 0.15) is 12.3 Å². The van der Waals surface area contributed by atoms with Crippen molar-refractivity contribution >= 4 is 17.7 Å². The molecule has 1 heterocycles. The molecule has 0 saturated carbocycles. The fourth-order valence-electron chi connectivity index (χ4n) is 4.39. The van der Waals surface area contributed by atoms with Gasteiger partial charge in [0, 0.05) is 51.6 Å². The van der Waals surface area contributed by atoms with Crippen LogP contribution >= 0.6 is 11.8 Å². The Balaban J connectivity index is 1.78. The Kier molecular flexibility index (Phi) is 5.86. The van der Waals surface area contributed by atoms with Gasteiger partial charge in [-0.25, -0.2) is 4.39 Å². The molecule has 1 aliphatic rings. The molecule has 3 aromatic carbocycles. The van der Waals surface area contributed by atoms with Crippen LogP contribution in [0.25, 0.3) is 11.1 Å². The fourth-order valence-corrected chi connectivity index (χ4v) is 5.04. The number of rotatable bonds is 13. The van der Waals surface area contributed by atoms with Gasteiger partial charge >= 0.3 is 6.18 Å². The van der Waals surface area contributed by atoms with Crippen LogP contribution in [0.5, 0.6) is 0 Å². The highest BCUT2D eigenvalue weighted by molar-refractivity contribution is 7.98. The summed E-state index contributed by atoms with van der Waals surface area (Å²) in [6, 6.07) is 3.14. The minimum Gasteiger partial charge on any atom is -0.336 e. The number of alkyl halides is 3. The second-order valence-corrected chi connectivity index (χ2v) is 10.7. The highest BCUT2D eigenvalue weighted by Gasteiger charge is 2.30. The van der Waals surface area contributed by atoms with Gasteiger partial charge in [0.05, 0.1) is 16.5 Å². The van der Waals surface area contributed by atoms with E-state index in [9.17, 15) is 27.8 Å². The average Bonchev–Trinajstić information content (AvgIpc) is 3.29. The van der Waals surface area contributed by atoms with Crippen LogP contribution in [0.2, 0.25) is 0 Å². The Hall–Kier alpha value is -3.96. The number of fused-ring (bicyclic) bond motifs is 1. The first-order valence-corrected chi connectivity index (χ1v) is 14.9. The van der Waals surface area contributed by atoms with Gasteiger partial charge in [-0.2, -0.15) is 18.2 Å². The zero-order valence-electron chi connectivity index (χ0n) is 44.6.